The van der Waals surface area contributed by atoms with Crippen molar-refractivity contribution in [2.45, 2.75) is 149 Å². The number of urea groups is 3. The Morgan fingerprint density at radius 1 is 0.436 bits per heavy atom. The Morgan fingerprint density at radius 2 is 0.733 bits per heavy atom. The number of thiocarbonyl (C=S) groups is 2. The van der Waals surface area contributed by atoms with Crippen LogP contribution in [0, 0.1) is 17.5 Å². The number of imide groups is 1. The molecular weight excluding hydrogens is 1330 g/mol. The number of hydrogen-bond donors (Lipinski definition) is 1. The van der Waals surface area contributed by atoms with Crippen LogP contribution in [0.15, 0.2) is 146 Å². The summed E-state index contributed by atoms with van der Waals surface area (Å²) in [7, 11) is 0. The summed E-state index contributed by atoms with van der Waals surface area (Å²) < 4.78 is 57.5. The standard InChI is InChI=1S/C27H28FN3O4.C27H28FN3O3S.C23H20FN3O3S/c1-27(2,3)35-24(32)12-13-29-25(33)22-14-20-19-6-4-5-7-21(19)30(23(20)16-31(22)26(29)34)15-17-8-10-18(28)11-9-17;1-27(2,3)34-24(32)12-13-29-25(35)22-14-20-19-6-4-5-7-21(19)30(23(20)16-31(22)26(29)33)15-17-8-10-18(28)11-9-17;24-15-7-5-14(6-8-15)12-26-18-4-2-1-3-16(18)17-11-19-22(31)25(10-9-21(28)29)23(30)27(19)13-20(17)26/h2*4-11,22H,12-16H2,1-3H3;1-8,19H,9-13H2,(H,28,29)/t2*22-;19-/m000/s1. The lowest BCUT2D eigenvalue weighted by molar-refractivity contribution is -0.156. The molecule has 0 aliphatic carbocycles. The molecule has 522 valence electrons. The van der Waals surface area contributed by atoms with E-state index in [9.17, 15) is 46.7 Å². The molecule has 9 heterocycles. The van der Waals surface area contributed by atoms with Crippen LogP contribution in [0.1, 0.15) is 111 Å². The molecule has 0 spiro atoms. The molecule has 19 nitrogen and oxygen atoms in total. The zero-order valence-electron chi connectivity index (χ0n) is 56.8. The van der Waals surface area contributed by atoms with Crippen LogP contribution in [0.2, 0.25) is 0 Å². The number of carbonyl (C=O) groups is 7. The molecule has 15 rings (SSSR count). The van der Waals surface area contributed by atoms with Gasteiger partial charge in [-0.3, -0.25) is 33.9 Å². The number of hydrogen-bond acceptors (Lipinski definition) is 11. The van der Waals surface area contributed by atoms with Gasteiger partial charge in [-0.1, -0.05) is 115 Å². The Balaban J connectivity index is 0.000000136. The Kier molecular flexibility index (Phi) is 19.0. The van der Waals surface area contributed by atoms with Gasteiger partial charge in [0.15, 0.2) is 0 Å². The van der Waals surface area contributed by atoms with Crippen LogP contribution in [0.25, 0.3) is 32.7 Å². The molecule has 6 aromatic carbocycles. The van der Waals surface area contributed by atoms with Gasteiger partial charge >= 0.3 is 36.0 Å². The molecule has 3 atom stereocenters. The van der Waals surface area contributed by atoms with Gasteiger partial charge in [0.2, 0.25) is 0 Å². The average molecular weight is 1410 g/mol. The lowest BCUT2D eigenvalue weighted by Gasteiger charge is -2.29. The summed E-state index contributed by atoms with van der Waals surface area (Å²) in [6.45, 7) is 13.9. The van der Waals surface area contributed by atoms with Gasteiger partial charge in [-0.15, -0.1) is 0 Å². The van der Waals surface area contributed by atoms with Crippen LogP contribution in [-0.2, 0) is 87.2 Å². The van der Waals surface area contributed by atoms with E-state index in [1.807, 2.05) is 69.3 Å². The largest absolute Gasteiger partial charge is 0.481 e. The molecular formula is C77H76F3N9O10S2. The summed E-state index contributed by atoms with van der Waals surface area (Å²) in [5, 5.41) is 12.3. The highest BCUT2D eigenvalue weighted by molar-refractivity contribution is 7.80. The molecule has 0 bridgehead atoms. The maximum Gasteiger partial charge on any atom is 0.327 e. The minimum atomic E-state index is -0.958. The highest BCUT2D eigenvalue weighted by Gasteiger charge is 2.50. The third-order valence-corrected chi connectivity index (χ3v) is 20.2. The van der Waals surface area contributed by atoms with E-state index in [4.69, 9.17) is 39.0 Å². The second-order valence-electron chi connectivity index (χ2n) is 28.1. The van der Waals surface area contributed by atoms with Crippen molar-refractivity contribution in [1.29, 1.82) is 0 Å². The summed E-state index contributed by atoms with van der Waals surface area (Å²) in [5.41, 5.74) is 11.4. The minimum absolute atomic E-state index is 0.000126. The lowest BCUT2D eigenvalue weighted by Crippen LogP contribution is -2.40. The Morgan fingerprint density at radius 3 is 1.07 bits per heavy atom. The predicted octanol–water partition coefficient (Wildman–Crippen LogP) is 13.1. The monoisotopic (exact) mass is 1410 g/mol. The van der Waals surface area contributed by atoms with E-state index in [0.29, 0.717) is 68.5 Å². The van der Waals surface area contributed by atoms with Crippen LogP contribution in [0.5, 0.6) is 0 Å². The zero-order chi connectivity index (χ0) is 71.5. The van der Waals surface area contributed by atoms with Crippen molar-refractivity contribution < 1.29 is 61.3 Å². The fourth-order valence-corrected chi connectivity index (χ4v) is 15.4. The Labute approximate surface area is 592 Å². The number of aromatic nitrogens is 3. The quantitative estimate of drug-likeness (QED) is 0.0581. The number of amides is 7. The van der Waals surface area contributed by atoms with Crippen molar-refractivity contribution in [3.63, 3.8) is 0 Å². The van der Waals surface area contributed by atoms with Gasteiger partial charge < -0.3 is 43.0 Å². The molecule has 101 heavy (non-hydrogen) atoms. The molecule has 3 aromatic heterocycles. The predicted molar refractivity (Wildman–Crippen MR) is 381 cm³/mol. The van der Waals surface area contributed by atoms with Crippen LogP contribution < -0.4 is 0 Å². The number of aliphatic carboxylic acids is 1. The summed E-state index contributed by atoms with van der Waals surface area (Å²) in [4.78, 5) is 98.5. The van der Waals surface area contributed by atoms with E-state index in [1.54, 1.807) is 76.8 Å². The molecule has 3 saturated heterocycles. The number of rotatable bonds is 15. The SMILES string of the molecule is CC(C)(C)OC(=O)CCN1C(=O)N2Cc3c(c4ccccc4n3Cc3ccc(F)cc3)C[C@H]2C1=S.CC(C)(C)OC(=O)CCN1C(=O)[C@@H]2Cc3c(n(Cc4ccc(F)cc4)c4ccccc34)CN2C1=O.O=C(O)CCN1C(=O)N2Cc3c(c4ccccc4n3Cc3ccc(F)cc3)C[C@H]2C1=S. The number of carboxylic acid groups (broad SMARTS) is 1. The second-order valence-corrected chi connectivity index (χ2v) is 29.0. The Hall–Kier alpha value is -10.2. The fourth-order valence-electron chi connectivity index (χ4n) is 14.7. The van der Waals surface area contributed by atoms with E-state index in [-0.39, 0.29) is 98.4 Å². The molecule has 24 heteroatoms. The fraction of sp³-hybridized carbons (Fsp3) is 0.338. The van der Waals surface area contributed by atoms with E-state index in [1.165, 1.54) is 51.8 Å². The van der Waals surface area contributed by atoms with Crippen molar-refractivity contribution in [3.8, 4) is 0 Å². The maximum atomic E-state index is 13.5. The molecule has 7 amide bonds. The van der Waals surface area contributed by atoms with Crippen LogP contribution in [0.3, 0.4) is 0 Å². The molecule has 0 unspecified atom stereocenters. The van der Waals surface area contributed by atoms with Gasteiger partial charge in [-0.25, -0.2) is 27.6 Å². The molecule has 0 saturated carbocycles. The van der Waals surface area contributed by atoms with Crippen molar-refractivity contribution >= 4 is 109 Å². The van der Waals surface area contributed by atoms with Gasteiger partial charge in [-0.2, -0.15) is 0 Å². The number of ether oxygens (including phenoxy) is 2. The van der Waals surface area contributed by atoms with Crippen LogP contribution in [-0.4, -0.2) is 149 Å². The number of carbonyl (C=O) groups excluding carboxylic acids is 6. The van der Waals surface area contributed by atoms with E-state index >= 15 is 0 Å². The van der Waals surface area contributed by atoms with Gasteiger partial charge in [0.05, 0.1) is 51.0 Å². The van der Waals surface area contributed by atoms with Crippen molar-refractivity contribution in [1.82, 2.24) is 43.1 Å². The number of esters is 2. The normalized spacial score (nSPS) is 17.7. The first-order valence-corrected chi connectivity index (χ1v) is 34.5. The van der Waals surface area contributed by atoms with E-state index < -0.39 is 29.2 Å². The van der Waals surface area contributed by atoms with Gasteiger partial charge in [0, 0.05) is 108 Å². The summed E-state index contributed by atoms with van der Waals surface area (Å²) in [6.07, 6.45) is 1.55. The lowest BCUT2D eigenvalue weighted by atomic mass is 9.97. The maximum absolute atomic E-state index is 13.5. The summed E-state index contributed by atoms with van der Waals surface area (Å²) in [6, 6.07) is 41.8. The highest BCUT2D eigenvalue weighted by atomic mass is 32.1. The number of benzene rings is 6. The summed E-state index contributed by atoms with van der Waals surface area (Å²) in [5.74, 6) is -2.85. The van der Waals surface area contributed by atoms with Crippen LogP contribution in [0.4, 0.5) is 27.6 Å². The van der Waals surface area contributed by atoms with Crippen molar-refractivity contribution in [2.75, 3.05) is 19.6 Å². The van der Waals surface area contributed by atoms with E-state index in [2.05, 4.69) is 38.0 Å². The summed E-state index contributed by atoms with van der Waals surface area (Å²) >= 11 is 11.3. The van der Waals surface area contributed by atoms with Gasteiger partial charge in [-0.05, 0) is 130 Å². The zero-order valence-corrected chi connectivity index (χ0v) is 58.4. The number of carboxylic acids is 1. The first kappa shape index (κ1) is 69.3. The first-order chi connectivity index (χ1) is 48.2. The van der Waals surface area contributed by atoms with Crippen molar-refractivity contribution in [3.05, 3.63) is 214 Å². The van der Waals surface area contributed by atoms with Gasteiger partial charge in [0.1, 0.15) is 44.7 Å². The number of para-hydroxylation sites is 3. The Bertz CT molecular complexity index is 4620. The molecule has 1 N–H and O–H groups in total. The first-order valence-electron chi connectivity index (χ1n) is 33.7. The topological polar surface area (TPSA) is 192 Å². The van der Waals surface area contributed by atoms with E-state index in [0.717, 1.165) is 77.6 Å². The number of nitrogens with zero attached hydrogens (tertiary/aromatic N) is 9. The molecule has 9 aromatic rings. The molecule has 3 fully saturated rings. The van der Waals surface area contributed by atoms with Crippen molar-refractivity contribution in [2.24, 2.45) is 0 Å². The number of fused-ring (bicyclic) bond motifs is 12. The average Bonchev–Trinajstić information content (AvgIpc) is 1.59. The second kappa shape index (κ2) is 27.7. The van der Waals surface area contributed by atoms with Gasteiger partial charge in [0.25, 0.3) is 5.91 Å². The molecule has 6 aliphatic rings. The minimum Gasteiger partial charge on any atom is -0.481 e. The third-order valence-electron chi connectivity index (χ3n) is 19.2. The smallest absolute Gasteiger partial charge is 0.327 e. The van der Waals surface area contributed by atoms with Crippen LogP contribution >= 0.6 is 24.4 Å². The highest BCUT2D eigenvalue weighted by Crippen LogP contribution is 2.41. The molecule has 0 radical (unpaired) electrons. The number of halogens is 3. The molecule has 6 aliphatic heterocycles. The third kappa shape index (κ3) is 14.1.